The van der Waals surface area contributed by atoms with Crippen molar-refractivity contribution in [2.24, 2.45) is 0 Å². The minimum absolute atomic E-state index is 0.147. The number of aromatic nitrogens is 2. The van der Waals surface area contributed by atoms with Gasteiger partial charge in [-0.1, -0.05) is 6.07 Å². The molecule has 5 nitrogen and oxygen atoms in total. The van der Waals surface area contributed by atoms with Crippen molar-refractivity contribution < 1.29 is 8.42 Å². The van der Waals surface area contributed by atoms with Crippen molar-refractivity contribution in [1.29, 1.82) is 0 Å². The van der Waals surface area contributed by atoms with Crippen molar-refractivity contribution in [1.82, 2.24) is 9.97 Å². The molecule has 0 saturated carbocycles. The van der Waals surface area contributed by atoms with E-state index in [0.717, 1.165) is 6.26 Å². The van der Waals surface area contributed by atoms with E-state index in [9.17, 15) is 8.42 Å². The molecule has 0 aliphatic carbocycles. The second kappa shape index (κ2) is 4.42. The third kappa shape index (κ3) is 2.62. The highest BCUT2D eigenvalue weighted by Crippen LogP contribution is 2.33. The maximum Gasteiger partial charge on any atom is 0.177 e. The molecule has 0 aliphatic heterocycles. The van der Waals surface area contributed by atoms with Gasteiger partial charge in [0.25, 0.3) is 0 Å². The molecule has 0 radical (unpaired) electrons. The van der Waals surface area contributed by atoms with Crippen molar-refractivity contribution >= 4 is 27.3 Å². The Kier molecular flexibility index (Phi) is 3.12. The van der Waals surface area contributed by atoms with Crippen LogP contribution in [0.5, 0.6) is 0 Å². The molecule has 1 aromatic carbocycles. The van der Waals surface area contributed by atoms with Crippen LogP contribution in [0.25, 0.3) is 0 Å². The van der Waals surface area contributed by atoms with Crippen molar-refractivity contribution in [2.75, 3.05) is 12.0 Å². The van der Waals surface area contributed by atoms with E-state index in [-0.39, 0.29) is 10.6 Å². The van der Waals surface area contributed by atoms with Gasteiger partial charge in [0.1, 0.15) is 0 Å². The van der Waals surface area contributed by atoms with Crippen LogP contribution < -0.4 is 5.73 Å². The molecule has 90 valence electrons. The van der Waals surface area contributed by atoms with E-state index in [1.54, 1.807) is 24.5 Å². The Labute approximate surface area is 103 Å². The van der Waals surface area contributed by atoms with Crippen molar-refractivity contribution in [3.8, 4) is 0 Å². The first-order valence-electron chi connectivity index (χ1n) is 4.74. The molecule has 1 heterocycles. The summed E-state index contributed by atoms with van der Waals surface area (Å²) in [6.45, 7) is 0. The summed E-state index contributed by atoms with van der Waals surface area (Å²) in [6.07, 6.45) is 4.46. The lowest BCUT2D eigenvalue weighted by Gasteiger charge is -2.07. The maximum absolute atomic E-state index is 11.5. The zero-order valence-corrected chi connectivity index (χ0v) is 10.7. The average molecular weight is 269 g/mol. The predicted octanol–water partition coefficient (Wildman–Crippen LogP) is 1.55. The van der Waals surface area contributed by atoms with E-state index in [4.69, 9.17) is 5.73 Å². The Hall–Kier alpha value is -1.47. The number of nitrogens with two attached hydrogens (primary N) is 1. The van der Waals surface area contributed by atoms with Crippen LogP contribution in [0.4, 0.5) is 5.69 Å². The molecule has 1 aromatic heterocycles. The SMILES string of the molecule is CS(=O)(=O)c1cccc(Sc2ncc[nH]2)c1N. The number of H-pyrrole nitrogens is 1. The number of aromatic amines is 1. The first kappa shape index (κ1) is 12.0. The van der Waals surface area contributed by atoms with Gasteiger partial charge in [0, 0.05) is 23.5 Å². The number of benzene rings is 1. The van der Waals surface area contributed by atoms with E-state index in [1.165, 1.54) is 17.8 Å². The van der Waals surface area contributed by atoms with Crippen LogP contribution in [0.2, 0.25) is 0 Å². The largest absolute Gasteiger partial charge is 0.397 e. The second-order valence-electron chi connectivity index (χ2n) is 3.44. The fraction of sp³-hybridized carbons (Fsp3) is 0.100. The molecule has 17 heavy (non-hydrogen) atoms. The molecule has 0 bridgehead atoms. The monoisotopic (exact) mass is 269 g/mol. The van der Waals surface area contributed by atoms with Crippen LogP contribution in [0.1, 0.15) is 0 Å². The smallest absolute Gasteiger partial charge is 0.177 e. The highest BCUT2D eigenvalue weighted by Gasteiger charge is 2.15. The third-order valence-electron chi connectivity index (χ3n) is 2.11. The summed E-state index contributed by atoms with van der Waals surface area (Å²) >= 11 is 1.30. The molecular weight excluding hydrogens is 258 g/mol. The number of hydrogen-bond acceptors (Lipinski definition) is 5. The molecule has 0 atom stereocenters. The van der Waals surface area contributed by atoms with Crippen molar-refractivity contribution in [2.45, 2.75) is 14.9 Å². The first-order chi connectivity index (χ1) is 7.98. The number of rotatable bonds is 3. The number of nitrogen functional groups attached to an aromatic ring is 1. The van der Waals surface area contributed by atoms with Gasteiger partial charge in [0.15, 0.2) is 15.0 Å². The molecule has 3 N–H and O–H groups in total. The number of anilines is 1. The van der Waals surface area contributed by atoms with Crippen LogP contribution >= 0.6 is 11.8 Å². The number of para-hydroxylation sites is 1. The number of nitrogens with zero attached hydrogens (tertiary/aromatic N) is 1. The molecule has 0 fully saturated rings. The van der Waals surface area contributed by atoms with E-state index in [0.29, 0.717) is 10.1 Å². The van der Waals surface area contributed by atoms with Gasteiger partial charge in [-0.3, -0.25) is 0 Å². The highest BCUT2D eigenvalue weighted by molar-refractivity contribution is 7.99. The Balaban J connectivity index is 2.43. The standard InChI is InChI=1S/C10H11N3O2S2/c1-17(14,15)8-4-2-3-7(9(8)11)16-10-12-5-6-13-10/h2-6H,11H2,1H3,(H,12,13). The number of sulfone groups is 1. The van der Waals surface area contributed by atoms with Crippen LogP contribution in [0.15, 0.2) is 45.5 Å². The number of imidazole rings is 1. The summed E-state index contributed by atoms with van der Waals surface area (Å²) in [4.78, 5) is 7.78. The summed E-state index contributed by atoms with van der Waals surface area (Å²) in [7, 11) is -3.30. The van der Waals surface area contributed by atoms with Gasteiger partial charge in [-0.2, -0.15) is 0 Å². The lowest BCUT2D eigenvalue weighted by atomic mass is 10.3. The van der Waals surface area contributed by atoms with Gasteiger partial charge in [0.05, 0.1) is 10.6 Å². The fourth-order valence-corrected chi connectivity index (χ4v) is 3.06. The molecular formula is C10H11N3O2S2. The fourth-order valence-electron chi connectivity index (χ4n) is 1.35. The molecule has 7 heteroatoms. The zero-order chi connectivity index (χ0) is 12.5. The lowest BCUT2D eigenvalue weighted by Crippen LogP contribution is -2.03. The average Bonchev–Trinajstić information content (AvgIpc) is 2.72. The molecule has 2 rings (SSSR count). The minimum atomic E-state index is -3.30. The van der Waals surface area contributed by atoms with Gasteiger partial charge in [-0.25, -0.2) is 13.4 Å². The second-order valence-corrected chi connectivity index (χ2v) is 6.45. The molecule has 0 saturated heterocycles. The zero-order valence-electron chi connectivity index (χ0n) is 9.04. The van der Waals surface area contributed by atoms with E-state index < -0.39 is 9.84 Å². The minimum Gasteiger partial charge on any atom is -0.397 e. The van der Waals surface area contributed by atoms with Gasteiger partial charge >= 0.3 is 0 Å². The Morgan fingerprint density at radius 3 is 2.76 bits per heavy atom. The van der Waals surface area contributed by atoms with E-state index in [2.05, 4.69) is 9.97 Å². The summed E-state index contributed by atoms with van der Waals surface area (Å²) in [5.74, 6) is 0. The van der Waals surface area contributed by atoms with E-state index in [1.807, 2.05) is 0 Å². The molecule has 0 amide bonds. The van der Waals surface area contributed by atoms with Gasteiger partial charge < -0.3 is 10.7 Å². The van der Waals surface area contributed by atoms with Crippen LogP contribution in [-0.4, -0.2) is 24.6 Å². The molecule has 2 aromatic rings. The predicted molar refractivity (Wildman–Crippen MR) is 66.7 cm³/mol. The highest BCUT2D eigenvalue weighted by atomic mass is 32.2. The summed E-state index contributed by atoms with van der Waals surface area (Å²) in [6, 6.07) is 4.92. The van der Waals surface area contributed by atoms with Gasteiger partial charge in [-0.05, 0) is 23.9 Å². The summed E-state index contributed by atoms with van der Waals surface area (Å²) in [5.41, 5.74) is 6.10. The van der Waals surface area contributed by atoms with Crippen molar-refractivity contribution in [3.05, 3.63) is 30.6 Å². The van der Waals surface area contributed by atoms with Crippen LogP contribution in [-0.2, 0) is 9.84 Å². The Morgan fingerprint density at radius 2 is 2.18 bits per heavy atom. The number of nitrogens with one attached hydrogen (secondary N) is 1. The van der Waals surface area contributed by atoms with Crippen LogP contribution in [0, 0.1) is 0 Å². The normalized spacial score (nSPS) is 11.6. The number of hydrogen-bond donors (Lipinski definition) is 2. The Bertz CT molecular complexity index is 621. The summed E-state index contributed by atoms with van der Waals surface area (Å²) in [5, 5.41) is 0.669. The van der Waals surface area contributed by atoms with E-state index >= 15 is 0 Å². The maximum atomic E-state index is 11.5. The summed E-state index contributed by atoms with van der Waals surface area (Å²) < 4.78 is 23.0. The lowest BCUT2D eigenvalue weighted by molar-refractivity contribution is 0.602. The van der Waals surface area contributed by atoms with Crippen LogP contribution in [0.3, 0.4) is 0 Å². The van der Waals surface area contributed by atoms with Gasteiger partial charge in [0.2, 0.25) is 0 Å². The van der Waals surface area contributed by atoms with Crippen molar-refractivity contribution in [3.63, 3.8) is 0 Å². The Morgan fingerprint density at radius 1 is 1.41 bits per heavy atom. The molecule has 0 spiro atoms. The van der Waals surface area contributed by atoms with Gasteiger partial charge in [-0.15, -0.1) is 0 Å². The molecule has 0 unspecified atom stereocenters. The topological polar surface area (TPSA) is 88.8 Å². The quantitative estimate of drug-likeness (QED) is 0.825. The third-order valence-corrected chi connectivity index (χ3v) is 4.25. The molecule has 0 aliphatic rings. The first-order valence-corrected chi connectivity index (χ1v) is 7.45.